The minimum Gasteiger partial charge on any atom is -0.379 e. The van der Waals surface area contributed by atoms with Crippen molar-refractivity contribution >= 4 is 5.69 Å². The molecule has 1 aromatic rings. The van der Waals surface area contributed by atoms with Crippen LogP contribution in [-0.2, 0) is 6.42 Å². The fraction of sp³-hybridized carbons (Fsp3) is 0.467. The molecule has 3 heteroatoms. The van der Waals surface area contributed by atoms with Crippen molar-refractivity contribution in [2.45, 2.75) is 25.3 Å². The Morgan fingerprint density at radius 1 is 1.44 bits per heavy atom. The molecule has 1 unspecified atom stereocenters. The van der Waals surface area contributed by atoms with Crippen molar-refractivity contribution in [2.24, 2.45) is 5.73 Å². The number of nitrogens with two attached hydrogens (primary N) is 1. The molecule has 0 spiro atoms. The number of hydrogen-bond donors (Lipinski definition) is 3. The van der Waals surface area contributed by atoms with Gasteiger partial charge in [-0.05, 0) is 57.1 Å². The molecule has 1 rings (SSSR count). The highest BCUT2D eigenvalue weighted by Gasteiger charge is 2.03. The first-order valence-electron chi connectivity index (χ1n) is 6.63. The first-order valence-corrected chi connectivity index (χ1v) is 6.63. The lowest BCUT2D eigenvalue weighted by molar-refractivity contribution is 0.724. The molecular weight excluding hydrogens is 222 g/mol. The lowest BCUT2D eigenvalue weighted by atomic mass is 10.1. The number of benzene rings is 1. The largest absolute Gasteiger partial charge is 0.379 e. The molecule has 0 aliphatic carbocycles. The fourth-order valence-electron chi connectivity index (χ4n) is 1.93. The zero-order valence-electron chi connectivity index (χ0n) is 11.3. The number of nitrogens with one attached hydrogen (secondary N) is 2. The number of aryl methyl sites for hydroxylation is 1. The number of rotatable bonds is 9. The molecule has 0 aromatic heterocycles. The van der Waals surface area contributed by atoms with Crippen molar-refractivity contribution in [3.05, 3.63) is 42.5 Å². The third kappa shape index (κ3) is 5.34. The van der Waals surface area contributed by atoms with E-state index in [-0.39, 0.29) is 6.04 Å². The Morgan fingerprint density at radius 3 is 2.94 bits per heavy atom. The van der Waals surface area contributed by atoms with Gasteiger partial charge in [-0.1, -0.05) is 18.2 Å². The first-order chi connectivity index (χ1) is 8.80. The second-order valence-corrected chi connectivity index (χ2v) is 4.47. The van der Waals surface area contributed by atoms with Crippen molar-refractivity contribution < 1.29 is 0 Å². The van der Waals surface area contributed by atoms with Crippen LogP contribution in [0.1, 0.15) is 18.4 Å². The van der Waals surface area contributed by atoms with E-state index < -0.39 is 0 Å². The summed E-state index contributed by atoms with van der Waals surface area (Å²) in [4.78, 5) is 0. The molecule has 0 fully saturated rings. The average Bonchev–Trinajstić information content (AvgIpc) is 2.39. The summed E-state index contributed by atoms with van der Waals surface area (Å²) in [5.41, 5.74) is 8.09. The van der Waals surface area contributed by atoms with E-state index in [1.807, 2.05) is 13.1 Å². The van der Waals surface area contributed by atoms with Crippen LogP contribution in [0.5, 0.6) is 0 Å². The van der Waals surface area contributed by atoms with E-state index >= 15 is 0 Å². The maximum Gasteiger partial charge on any atom is 0.0453 e. The third-order valence-corrected chi connectivity index (χ3v) is 2.93. The van der Waals surface area contributed by atoms with Crippen LogP contribution in [0.25, 0.3) is 0 Å². The molecule has 0 aliphatic rings. The van der Waals surface area contributed by atoms with Crippen molar-refractivity contribution in [1.82, 2.24) is 5.32 Å². The van der Waals surface area contributed by atoms with Crippen molar-refractivity contribution in [3.63, 3.8) is 0 Å². The highest BCUT2D eigenvalue weighted by Crippen LogP contribution is 2.14. The SMILES string of the molecule is C=CC(CCN)Nc1cccc(CCCNC)c1. The molecule has 0 saturated carbocycles. The van der Waals surface area contributed by atoms with Gasteiger partial charge in [0, 0.05) is 11.7 Å². The predicted molar refractivity (Wildman–Crippen MR) is 80.0 cm³/mol. The van der Waals surface area contributed by atoms with Gasteiger partial charge in [0.15, 0.2) is 0 Å². The number of anilines is 1. The molecule has 0 aliphatic heterocycles. The maximum atomic E-state index is 5.57. The van der Waals surface area contributed by atoms with E-state index in [9.17, 15) is 0 Å². The van der Waals surface area contributed by atoms with Gasteiger partial charge in [-0.3, -0.25) is 0 Å². The van der Waals surface area contributed by atoms with Gasteiger partial charge in [-0.25, -0.2) is 0 Å². The molecule has 1 atom stereocenters. The van der Waals surface area contributed by atoms with Crippen LogP contribution in [0, 0.1) is 0 Å². The average molecular weight is 247 g/mol. The van der Waals surface area contributed by atoms with Crippen molar-refractivity contribution in [1.29, 1.82) is 0 Å². The molecule has 18 heavy (non-hydrogen) atoms. The summed E-state index contributed by atoms with van der Waals surface area (Å²) in [7, 11) is 1.99. The molecule has 0 saturated heterocycles. The van der Waals surface area contributed by atoms with Crippen LogP contribution in [-0.4, -0.2) is 26.2 Å². The lowest BCUT2D eigenvalue weighted by Crippen LogP contribution is -2.20. The van der Waals surface area contributed by atoms with E-state index in [4.69, 9.17) is 5.73 Å². The standard InChI is InChI=1S/C15H25N3/c1-3-14(9-10-16)18-15-8-4-6-13(12-15)7-5-11-17-2/h3-4,6,8,12,14,17-18H,1,5,7,9-11,16H2,2H3. The van der Waals surface area contributed by atoms with Crippen LogP contribution >= 0.6 is 0 Å². The summed E-state index contributed by atoms with van der Waals surface area (Å²) >= 11 is 0. The van der Waals surface area contributed by atoms with Crippen molar-refractivity contribution in [3.8, 4) is 0 Å². The van der Waals surface area contributed by atoms with Gasteiger partial charge in [0.25, 0.3) is 0 Å². The highest BCUT2D eigenvalue weighted by atomic mass is 14.9. The van der Waals surface area contributed by atoms with E-state index in [2.05, 4.69) is 41.5 Å². The minimum absolute atomic E-state index is 0.252. The van der Waals surface area contributed by atoms with E-state index in [1.165, 1.54) is 5.56 Å². The summed E-state index contributed by atoms with van der Waals surface area (Å²) in [6, 6.07) is 8.83. The second-order valence-electron chi connectivity index (χ2n) is 4.47. The van der Waals surface area contributed by atoms with Crippen LogP contribution in [0.15, 0.2) is 36.9 Å². The van der Waals surface area contributed by atoms with Gasteiger partial charge in [-0.2, -0.15) is 0 Å². The minimum atomic E-state index is 0.252. The summed E-state index contributed by atoms with van der Waals surface area (Å²) in [5, 5.41) is 6.61. The van der Waals surface area contributed by atoms with E-state index in [0.717, 1.165) is 31.5 Å². The Kier molecular flexibility index (Phi) is 7.14. The molecule has 0 radical (unpaired) electrons. The van der Waals surface area contributed by atoms with Crippen LogP contribution < -0.4 is 16.4 Å². The summed E-state index contributed by atoms with van der Waals surface area (Å²) in [6.45, 7) is 5.56. The Hall–Kier alpha value is -1.32. The Balaban J connectivity index is 2.55. The van der Waals surface area contributed by atoms with Gasteiger partial charge in [0.05, 0.1) is 0 Å². The third-order valence-electron chi connectivity index (χ3n) is 2.93. The fourth-order valence-corrected chi connectivity index (χ4v) is 1.93. The zero-order valence-corrected chi connectivity index (χ0v) is 11.3. The first kappa shape index (κ1) is 14.7. The van der Waals surface area contributed by atoms with Crippen molar-refractivity contribution in [2.75, 3.05) is 25.5 Å². The quantitative estimate of drug-likeness (QED) is 0.463. The topological polar surface area (TPSA) is 50.1 Å². The van der Waals surface area contributed by atoms with Gasteiger partial charge in [0.1, 0.15) is 0 Å². The molecule has 0 amide bonds. The molecule has 4 N–H and O–H groups in total. The molecular formula is C15H25N3. The van der Waals surface area contributed by atoms with Gasteiger partial charge in [0.2, 0.25) is 0 Å². The van der Waals surface area contributed by atoms with E-state index in [0.29, 0.717) is 6.54 Å². The van der Waals surface area contributed by atoms with Crippen LogP contribution in [0.3, 0.4) is 0 Å². The molecule has 0 bridgehead atoms. The molecule has 1 aromatic carbocycles. The molecule has 3 nitrogen and oxygen atoms in total. The van der Waals surface area contributed by atoms with Crippen LogP contribution in [0.2, 0.25) is 0 Å². The second kappa shape index (κ2) is 8.72. The summed E-state index contributed by atoms with van der Waals surface area (Å²) in [5.74, 6) is 0. The summed E-state index contributed by atoms with van der Waals surface area (Å²) < 4.78 is 0. The van der Waals surface area contributed by atoms with Gasteiger partial charge in [-0.15, -0.1) is 6.58 Å². The monoisotopic (exact) mass is 247 g/mol. The Bertz CT molecular complexity index is 349. The smallest absolute Gasteiger partial charge is 0.0453 e. The zero-order chi connectivity index (χ0) is 13.2. The Labute approximate surface area is 110 Å². The van der Waals surface area contributed by atoms with Gasteiger partial charge >= 0.3 is 0 Å². The number of hydrogen-bond acceptors (Lipinski definition) is 3. The normalized spacial score (nSPS) is 12.1. The molecule has 100 valence electrons. The molecule has 0 heterocycles. The van der Waals surface area contributed by atoms with Gasteiger partial charge < -0.3 is 16.4 Å². The van der Waals surface area contributed by atoms with E-state index in [1.54, 1.807) is 0 Å². The Morgan fingerprint density at radius 2 is 2.28 bits per heavy atom. The van der Waals surface area contributed by atoms with Crippen LogP contribution in [0.4, 0.5) is 5.69 Å². The predicted octanol–water partition coefficient (Wildman–Crippen LogP) is 2.15. The highest BCUT2D eigenvalue weighted by molar-refractivity contribution is 5.47. The lowest BCUT2D eigenvalue weighted by Gasteiger charge is -2.16. The summed E-state index contributed by atoms with van der Waals surface area (Å²) in [6.07, 6.45) is 5.09. The maximum absolute atomic E-state index is 5.57.